The van der Waals surface area contributed by atoms with E-state index in [1.807, 2.05) is 33.0 Å². The smallest absolute Gasteiger partial charge is 0.214 e. The summed E-state index contributed by atoms with van der Waals surface area (Å²) >= 11 is 0. The quantitative estimate of drug-likeness (QED) is 0.106. The second kappa shape index (κ2) is 12.5. The van der Waals surface area contributed by atoms with Crippen molar-refractivity contribution in [3.8, 4) is 11.3 Å². The topological polar surface area (TPSA) is 81.4 Å². The van der Waals surface area contributed by atoms with Gasteiger partial charge in [0.1, 0.15) is 18.7 Å². The van der Waals surface area contributed by atoms with Crippen molar-refractivity contribution in [2.75, 3.05) is 13.2 Å². The Kier molecular flexibility index (Phi) is 9.06. The summed E-state index contributed by atoms with van der Waals surface area (Å²) in [7, 11) is -1.15. The summed E-state index contributed by atoms with van der Waals surface area (Å²) < 4.78 is 13.9. The molecule has 43 heavy (non-hydrogen) atoms. The number of nitrogens with one attached hydrogen (secondary N) is 1. The van der Waals surface area contributed by atoms with Crippen molar-refractivity contribution in [1.29, 1.82) is 0 Å². The minimum Gasteiger partial charge on any atom is -0.361 e. The molecule has 0 saturated carbocycles. The summed E-state index contributed by atoms with van der Waals surface area (Å²) in [5.41, 5.74) is 7.00. The van der Waals surface area contributed by atoms with Gasteiger partial charge in [0.2, 0.25) is 6.41 Å². The molecule has 0 radical (unpaired) electrons. The van der Waals surface area contributed by atoms with Gasteiger partial charge in [0.15, 0.2) is 0 Å². The van der Waals surface area contributed by atoms with Crippen LogP contribution in [0.3, 0.4) is 0 Å². The summed E-state index contributed by atoms with van der Waals surface area (Å²) in [6.07, 6.45) is 6.19. The minimum atomic E-state index is -1.15. The van der Waals surface area contributed by atoms with Crippen molar-refractivity contribution >= 4 is 25.2 Å². The predicted octanol–water partition coefficient (Wildman–Crippen LogP) is 6.77. The van der Waals surface area contributed by atoms with Gasteiger partial charge in [0.05, 0.1) is 11.3 Å². The lowest BCUT2D eigenvalue weighted by molar-refractivity contribution is -0.182. The maximum absolute atomic E-state index is 10.7. The van der Waals surface area contributed by atoms with Gasteiger partial charge >= 0.3 is 0 Å². The molecule has 0 aliphatic heterocycles. The zero-order valence-electron chi connectivity index (χ0n) is 26.5. The van der Waals surface area contributed by atoms with Gasteiger partial charge in [-0.05, 0) is 74.0 Å². The molecule has 2 aromatic heterocycles. The Labute approximate surface area is 257 Å². The lowest BCUT2D eigenvalue weighted by Gasteiger charge is -2.33. The van der Waals surface area contributed by atoms with E-state index in [0.717, 1.165) is 53.3 Å². The number of ether oxygens (including phenoxy) is 2. The van der Waals surface area contributed by atoms with Crippen LogP contribution in [0.4, 0.5) is 0 Å². The fourth-order valence-electron chi connectivity index (χ4n) is 5.87. The number of hydrogen-bond donors (Lipinski definition) is 2. The Morgan fingerprint density at radius 3 is 2.63 bits per heavy atom. The summed E-state index contributed by atoms with van der Waals surface area (Å²) in [6, 6.07) is 18.5. The van der Waals surface area contributed by atoms with Gasteiger partial charge in [-0.3, -0.25) is 5.32 Å². The van der Waals surface area contributed by atoms with E-state index in [4.69, 9.17) is 14.5 Å². The number of hydrogen-bond acceptors (Lipinski definition) is 6. The number of aliphatic hydroxyl groups excluding tert-OH is 1. The molecule has 8 heteroatoms. The molecule has 0 saturated heterocycles. The van der Waals surface area contributed by atoms with E-state index in [1.54, 1.807) is 6.33 Å². The highest BCUT2D eigenvalue weighted by Crippen LogP contribution is 2.41. The van der Waals surface area contributed by atoms with Crippen LogP contribution in [0, 0.1) is 0 Å². The van der Waals surface area contributed by atoms with Crippen molar-refractivity contribution in [2.24, 2.45) is 0 Å². The van der Waals surface area contributed by atoms with E-state index in [-0.39, 0.29) is 5.41 Å². The Morgan fingerprint density at radius 1 is 1.09 bits per heavy atom. The molecule has 228 valence electrons. The van der Waals surface area contributed by atoms with Crippen molar-refractivity contribution in [2.45, 2.75) is 83.5 Å². The van der Waals surface area contributed by atoms with Crippen LogP contribution in [0.1, 0.15) is 43.0 Å². The predicted molar refractivity (Wildman–Crippen MR) is 178 cm³/mol. The van der Waals surface area contributed by atoms with E-state index >= 15 is 0 Å². The molecule has 2 atom stereocenters. The van der Waals surface area contributed by atoms with E-state index in [2.05, 4.69) is 89.6 Å². The van der Waals surface area contributed by atoms with E-state index < -0.39 is 20.1 Å². The van der Waals surface area contributed by atoms with Gasteiger partial charge in [-0.15, -0.1) is 0 Å². The van der Waals surface area contributed by atoms with Gasteiger partial charge in [0.25, 0.3) is 0 Å². The van der Waals surface area contributed by atoms with Crippen LogP contribution < -0.4 is 5.32 Å². The van der Waals surface area contributed by atoms with Gasteiger partial charge < -0.3 is 19.1 Å². The third-order valence-electron chi connectivity index (χ3n) is 8.14. The van der Waals surface area contributed by atoms with Gasteiger partial charge in [0, 0.05) is 43.8 Å². The largest absolute Gasteiger partial charge is 0.361 e. The average Bonchev–Trinajstić information content (AvgIpc) is 3.54. The third kappa shape index (κ3) is 7.51. The molecule has 7 nitrogen and oxygen atoms in total. The average molecular weight is 599 g/mol. The number of aromatic nitrogens is 3. The first-order valence-corrected chi connectivity index (χ1v) is 18.9. The Hall–Kier alpha value is -3.14. The highest BCUT2D eigenvalue weighted by atomic mass is 28.3. The fraction of sp³-hybridized carbons (Fsp3) is 0.429. The molecular formula is C35H46N4O3Si. The van der Waals surface area contributed by atoms with Crippen LogP contribution in [0.2, 0.25) is 25.7 Å². The standard InChI is InChI=1S/C35H46N4O3Si/c1-8-25-12-13-27-20-35(21-28(27)18-25,22-36-33(40)42-34(2,3)4)29-11-9-10-26(19-29)31-30-14-15-39(32(30)38-23-37-31)24-41-16-17-43(5,6)7/h8-15,18-19,23,33,36,40H,1,16-17,20-22,24H2,2-7H3. The molecule has 2 heterocycles. The van der Waals surface area contributed by atoms with Crippen LogP contribution >= 0.6 is 0 Å². The van der Waals surface area contributed by atoms with Crippen LogP contribution in [-0.2, 0) is 34.5 Å². The first kappa shape index (κ1) is 31.3. The second-order valence-electron chi connectivity index (χ2n) is 14.0. The lowest BCUT2D eigenvalue weighted by Crippen LogP contribution is -2.46. The molecule has 0 bridgehead atoms. The Bertz CT molecular complexity index is 1590. The summed E-state index contributed by atoms with van der Waals surface area (Å²) in [6.45, 7) is 18.7. The normalized spacial score (nSPS) is 17.7. The zero-order chi connectivity index (χ0) is 30.8. The maximum atomic E-state index is 10.7. The molecule has 4 aromatic rings. The summed E-state index contributed by atoms with van der Waals surface area (Å²) in [5.74, 6) is 0. The summed E-state index contributed by atoms with van der Waals surface area (Å²) in [4.78, 5) is 9.35. The van der Waals surface area contributed by atoms with Crippen LogP contribution in [-0.4, -0.2) is 52.9 Å². The minimum absolute atomic E-state index is 0.275. The lowest BCUT2D eigenvalue weighted by atomic mass is 9.77. The first-order chi connectivity index (χ1) is 20.4. The molecule has 2 N–H and O–H groups in total. The van der Waals surface area contributed by atoms with Crippen molar-refractivity contribution in [3.63, 3.8) is 0 Å². The second-order valence-corrected chi connectivity index (χ2v) is 19.6. The molecule has 0 fully saturated rings. The Morgan fingerprint density at radius 2 is 1.88 bits per heavy atom. The van der Waals surface area contributed by atoms with Crippen LogP contribution in [0.5, 0.6) is 0 Å². The van der Waals surface area contributed by atoms with E-state index in [9.17, 15) is 5.11 Å². The molecule has 5 rings (SSSR count). The first-order valence-electron chi connectivity index (χ1n) is 15.2. The number of aliphatic hydroxyl groups is 1. The van der Waals surface area contributed by atoms with Crippen molar-refractivity contribution in [3.05, 3.63) is 89.9 Å². The monoisotopic (exact) mass is 598 g/mol. The number of fused-ring (bicyclic) bond motifs is 2. The van der Waals surface area contributed by atoms with Gasteiger partial charge in [-0.1, -0.05) is 68.7 Å². The summed E-state index contributed by atoms with van der Waals surface area (Å²) in [5, 5.41) is 15.0. The molecule has 2 unspecified atom stereocenters. The number of benzene rings is 2. The molecule has 0 spiro atoms. The van der Waals surface area contributed by atoms with Crippen molar-refractivity contribution in [1.82, 2.24) is 19.9 Å². The molecule has 0 amide bonds. The van der Waals surface area contributed by atoms with Crippen molar-refractivity contribution < 1.29 is 14.6 Å². The number of rotatable bonds is 12. The molecule has 2 aromatic carbocycles. The van der Waals surface area contributed by atoms with Gasteiger partial charge in [-0.2, -0.15) is 0 Å². The fourth-order valence-corrected chi connectivity index (χ4v) is 6.62. The highest BCUT2D eigenvalue weighted by Gasteiger charge is 2.39. The van der Waals surface area contributed by atoms with E-state index in [0.29, 0.717) is 13.3 Å². The highest BCUT2D eigenvalue weighted by molar-refractivity contribution is 6.76. The molecule has 1 aliphatic carbocycles. The number of nitrogens with zero attached hydrogens (tertiary/aromatic N) is 3. The van der Waals surface area contributed by atoms with E-state index in [1.165, 1.54) is 16.7 Å². The molecular weight excluding hydrogens is 552 g/mol. The van der Waals surface area contributed by atoms with Crippen LogP contribution in [0.15, 0.2) is 67.6 Å². The maximum Gasteiger partial charge on any atom is 0.214 e. The third-order valence-corrected chi connectivity index (χ3v) is 9.84. The molecule has 1 aliphatic rings. The van der Waals surface area contributed by atoms with Gasteiger partial charge in [-0.25, -0.2) is 9.97 Å². The Balaban J connectivity index is 1.45. The SMILES string of the molecule is C=Cc1ccc2c(c1)CC(CNC(O)OC(C)(C)C)(c1cccc(-c3ncnc4c3ccn4COCC[Si](C)(C)C)c1)C2. The van der Waals surface area contributed by atoms with Crippen LogP contribution in [0.25, 0.3) is 28.4 Å². The zero-order valence-corrected chi connectivity index (χ0v) is 27.5.